The summed E-state index contributed by atoms with van der Waals surface area (Å²) in [5, 5.41) is 7.73. The maximum atomic E-state index is 7.73. The molecule has 2 atom stereocenters. The molecule has 1 aliphatic carbocycles. The van der Waals surface area contributed by atoms with Gasteiger partial charge < -0.3 is 5.73 Å². The smallest absolute Gasteiger partial charge is 0.123 e. The molecule has 1 heterocycles. The monoisotopic (exact) mass is 271 g/mol. The highest BCUT2D eigenvalue weighted by atomic mass is 15.2. The lowest BCUT2D eigenvalue weighted by molar-refractivity contribution is 0.0547. The van der Waals surface area contributed by atoms with Gasteiger partial charge >= 0.3 is 0 Å². The SMILES string of the molecule is N=C(N)c1ccccc1CN1CCC[C@H]2CCCC[C@H]21. The molecule has 1 aromatic rings. The molecule has 0 bridgehead atoms. The van der Waals surface area contributed by atoms with Crippen LogP contribution < -0.4 is 5.73 Å². The summed E-state index contributed by atoms with van der Waals surface area (Å²) in [6, 6.07) is 8.89. The van der Waals surface area contributed by atoms with Crippen molar-refractivity contribution in [2.75, 3.05) is 6.54 Å². The topological polar surface area (TPSA) is 53.1 Å². The van der Waals surface area contributed by atoms with Crippen molar-refractivity contribution in [2.45, 2.75) is 51.1 Å². The number of nitrogens with two attached hydrogens (primary N) is 1. The van der Waals surface area contributed by atoms with Crippen LogP contribution >= 0.6 is 0 Å². The average Bonchev–Trinajstić information content (AvgIpc) is 2.48. The third-order valence-electron chi connectivity index (χ3n) is 5.04. The molecule has 0 spiro atoms. The van der Waals surface area contributed by atoms with E-state index in [1.54, 1.807) is 0 Å². The molecular formula is C17H25N3. The van der Waals surface area contributed by atoms with Crippen molar-refractivity contribution in [2.24, 2.45) is 11.7 Å². The summed E-state index contributed by atoms with van der Waals surface area (Å²) >= 11 is 0. The van der Waals surface area contributed by atoms with Crippen LogP contribution in [0.25, 0.3) is 0 Å². The zero-order valence-electron chi connectivity index (χ0n) is 12.1. The van der Waals surface area contributed by atoms with Crippen molar-refractivity contribution in [1.82, 2.24) is 4.90 Å². The Morgan fingerprint density at radius 1 is 1.15 bits per heavy atom. The van der Waals surface area contributed by atoms with Crippen molar-refractivity contribution >= 4 is 5.84 Å². The van der Waals surface area contributed by atoms with Gasteiger partial charge in [-0.15, -0.1) is 0 Å². The highest BCUT2D eigenvalue weighted by Gasteiger charge is 2.33. The number of nitrogens with zero attached hydrogens (tertiary/aromatic N) is 1. The van der Waals surface area contributed by atoms with E-state index < -0.39 is 0 Å². The molecule has 1 saturated carbocycles. The quantitative estimate of drug-likeness (QED) is 0.655. The maximum absolute atomic E-state index is 7.73. The third kappa shape index (κ3) is 2.73. The summed E-state index contributed by atoms with van der Waals surface area (Å²) < 4.78 is 0. The van der Waals surface area contributed by atoms with E-state index in [1.165, 1.54) is 50.6 Å². The minimum absolute atomic E-state index is 0.192. The molecule has 3 rings (SSSR count). The molecule has 20 heavy (non-hydrogen) atoms. The van der Waals surface area contributed by atoms with Gasteiger partial charge in [-0.05, 0) is 43.7 Å². The molecule has 0 unspecified atom stereocenters. The zero-order valence-corrected chi connectivity index (χ0v) is 12.1. The minimum atomic E-state index is 0.192. The number of hydrogen-bond acceptors (Lipinski definition) is 2. The van der Waals surface area contributed by atoms with Crippen LogP contribution in [0.1, 0.15) is 49.7 Å². The van der Waals surface area contributed by atoms with Gasteiger partial charge in [-0.1, -0.05) is 37.1 Å². The lowest BCUT2D eigenvalue weighted by atomic mass is 9.78. The Kier molecular flexibility index (Phi) is 4.06. The summed E-state index contributed by atoms with van der Waals surface area (Å²) in [7, 11) is 0. The first-order valence-electron chi connectivity index (χ1n) is 7.92. The van der Waals surface area contributed by atoms with Gasteiger partial charge in [-0.2, -0.15) is 0 Å². The minimum Gasteiger partial charge on any atom is -0.384 e. The molecule has 2 aliphatic rings. The van der Waals surface area contributed by atoms with Gasteiger partial charge in [0.1, 0.15) is 5.84 Å². The Hall–Kier alpha value is -1.35. The first-order chi connectivity index (χ1) is 9.75. The van der Waals surface area contributed by atoms with Gasteiger partial charge in [-0.25, -0.2) is 0 Å². The normalized spacial score (nSPS) is 27.0. The predicted molar refractivity (Wildman–Crippen MR) is 82.8 cm³/mol. The molecule has 0 amide bonds. The molecule has 3 nitrogen and oxygen atoms in total. The van der Waals surface area contributed by atoms with Crippen LogP contribution in [0.4, 0.5) is 0 Å². The van der Waals surface area contributed by atoms with Crippen LogP contribution in [0.15, 0.2) is 24.3 Å². The van der Waals surface area contributed by atoms with Crippen molar-refractivity contribution in [3.05, 3.63) is 35.4 Å². The molecule has 2 fully saturated rings. The van der Waals surface area contributed by atoms with Crippen molar-refractivity contribution in [3.8, 4) is 0 Å². The second-order valence-electron chi connectivity index (χ2n) is 6.30. The molecule has 0 radical (unpaired) electrons. The highest BCUT2D eigenvalue weighted by molar-refractivity contribution is 5.96. The van der Waals surface area contributed by atoms with E-state index in [1.807, 2.05) is 12.1 Å². The number of piperidine rings is 1. The number of nitrogens with one attached hydrogen (secondary N) is 1. The Bertz CT molecular complexity index is 481. The third-order valence-corrected chi connectivity index (χ3v) is 5.04. The summed E-state index contributed by atoms with van der Waals surface area (Å²) in [4.78, 5) is 2.65. The van der Waals surface area contributed by atoms with E-state index >= 15 is 0 Å². The zero-order chi connectivity index (χ0) is 13.9. The van der Waals surface area contributed by atoms with Crippen LogP contribution in [0, 0.1) is 11.3 Å². The summed E-state index contributed by atoms with van der Waals surface area (Å²) in [5.41, 5.74) is 7.84. The van der Waals surface area contributed by atoms with E-state index in [9.17, 15) is 0 Å². The van der Waals surface area contributed by atoms with Gasteiger partial charge in [0, 0.05) is 18.2 Å². The molecule has 1 aliphatic heterocycles. The molecule has 1 aromatic carbocycles. The number of amidine groups is 1. The molecule has 3 heteroatoms. The number of benzene rings is 1. The Morgan fingerprint density at radius 2 is 1.90 bits per heavy atom. The van der Waals surface area contributed by atoms with E-state index in [4.69, 9.17) is 11.1 Å². The average molecular weight is 271 g/mol. The van der Waals surface area contributed by atoms with Crippen LogP contribution in [0.2, 0.25) is 0 Å². The standard InChI is InChI=1S/C17H25N3/c18-17(19)15-9-3-1-7-14(15)12-20-11-5-8-13-6-2-4-10-16(13)20/h1,3,7,9,13,16H,2,4-6,8,10-12H2,(H3,18,19)/t13-,16-/m1/s1. The Morgan fingerprint density at radius 3 is 2.75 bits per heavy atom. The van der Waals surface area contributed by atoms with Gasteiger partial charge in [0.2, 0.25) is 0 Å². The Labute approximate surface area is 121 Å². The summed E-state index contributed by atoms with van der Waals surface area (Å²) in [6.45, 7) is 2.16. The lowest BCUT2D eigenvalue weighted by Crippen LogP contribution is -2.46. The van der Waals surface area contributed by atoms with Crippen molar-refractivity contribution in [3.63, 3.8) is 0 Å². The maximum Gasteiger partial charge on any atom is 0.123 e. The van der Waals surface area contributed by atoms with E-state index in [-0.39, 0.29) is 5.84 Å². The molecule has 108 valence electrons. The van der Waals surface area contributed by atoms with E-state index in [0.29, 0.717) is 0 Å². The second kappa shape index (κ2) is 5.96. The molecule has 0 aromatic heterocycles. The van der Waals surface area contributed by atoms with Crippen LogP contribution in [0.5, 0.6) is 0 Å². The number of hydrogen-bond donors (Lipinski definition) is 2. The predicted octanol–water partition coefficient (Wildman–Crippen LogP) is 3.13. The van der Waals surface area contributed by atoms with Crippen LogP contribution in [-0.4, -0.2) is 23.3 Å². The first-order valence-corrected chi connectivity index (χ1v) is 7.92. The number of rotatable bonds is 3. The van der Waals surface area contributed by atoms with Crippen molar-refractivity contribution < 1.29 is 0 Å². The van der Waals surface area contributed by atoms with Gasteiger partial charge in [-0.3, -0.25) is 10.3 Å². The summed E-state index contributed by atoms with van der Waals surface area (Å²) in [5.74, 6) is 1.10. The van der Waals surface area contributed by atoms with E-state index in [2.05, 4.69) is 17.0 Å². The number of fused-ring (bicyclic) bond motifs is 1. The second-order valence-corrected chi connectivity index (χ2v) is 6.30. The van der Waals surface area contributed by atoms with Gasteiger partial charge in [0.05, 0.1) is 0 Å². The first kappa shape index (κ1) is 13.6. The lowest BCUT2D eigenvalue weighted by Gasteiger charge is -2.44. The number of nitrogen functional groups attached to an aromatic ring is 1. The van der Waals surface area contributed by atoms with Crippen LogP contribution in [-0.2, 0) is 6.54 Å². The fourth-order valence-electron chi connectivity index (χ4n) is 4.06. The Balaban J connectivity index is 1.78. The fraction of sp³-hybridized carbons (Fsp3) is 0.588. The van der Waals surface area contributed by atoms with Gasteiger partial charge in [0.15, 0.2) is 0 Å². The van der Waals surface area contributed by atoms with E-state index in [0.717, 1.165) is 24.1 Å². The highest BCUT2D eigenvalue weighted by Crippen LogP contribution is 2.36. The van der Waals surface area contributed by atoms with Crippen molar-refractivity contribution in [1.29, 1.82) is 5.41 Å². The molecular weight excluding hydrogens is 246 g/mol. The fourth-order valence-corrected chi connectivity index (χ4v) is 4.06. The summed E-state index contributed by atoms with van der Waals surface area (Å²) in [6.07, 6.45) is 8.30. The number of likely N-dealkylation sites (tertiary alicyclic amines) is 1. The molecule has 3 N–H and O–H groups in total. The largest absolute Gasteiger partial charge is 0.384 e. The van der Waals surface area contributed by atoms with Gasteiger partial charge in [0.25, 0.3) is 0 Å². The molecule has 1 saturated heterocycles. The van der Waals surface area contributed by atoms with Crippen LogP contribution in [0.3, 0.4) is 0 Å².